The molecule has 1 aromatic carbocycles. The lowest BCUT2D eigenvalue weighted by atomic mass is 10.1. The van der Waals surface area contributed by atoms with Crippen LogP contribution >= 0.6 is 11.5 Å². The molecule has 1 unspecified atom stereocenters. The number of hydrogen-bond donors (Lipinski definition) is 1. The topological polar surface area (TPSA) is 51.8 Å². The van der Waals surface area contributed by atoms with Gasteiger partial charge in [-0.3, -0.25) is 0 Å². The van der Waals surface area contributed by atoms with Gasteiger partial charge in [-0.15, -0.1) is 5.10 Å². The van der Waals surface area contributed by atoms with Crippen LogP contribution in [-0.2, 0) is 0 Å². The fourth-order valence-electron chi connectivity index (χ4n) is 1.39. The summed E-state index contributed by atoms with van der Waals surface area (Å²) in [6, 6.07) is 6.01. The molecular weight excluding hydrogens is 213 g/mol. The quantitative estimate of drug-likeness (QED) is 0.847. The minimum atomic E-state index is -0.480. The van der Waals surface area contributed by atoms with E-state index in [0.717, 1.165) is 10.6 Å². The molecule has 2 N–H and O–H groups in total. The molecule has 2 rings (SSSR count). The molecule has 0 spiro atoms. The second-order valence-corrected chi connectivity index (χ2v) is 4.01. The van der Waals surface area contributed by atoms with Gasteiger partial charge in [-0.2, -0.15) is 0 Å². The summed E-state index contributed by atoms with van der Waals surface area (Å²) in [7, 11) is 0. The van der Waals surface area contributed by atoms with E-state index in [1.165, 1.54) is 17.6 Å². The van der Waals surface area contributed by atoms with Crippen molar-refractivity contribution in [3.05, 3.63) is 46.2 Å². The Kier molecular flexibility index (Phi) is 2.75. The highest BCUT2D eigenvalue weighted by molar-refractivity contribution is 7.05. The van der Waals surface area contributed by atoms with E-state index in [1.54, 1.807) is 18.2 Å². The van der Waals surface area contributed by atoms with Crippen LogP contribution in [0.25, 0.3) is 0 Å². The van der Waals surface area contributed by atoms with Gasteiger partial charge in [0.25, 0.3) is 0 Å². The van der Waals surface area contributed by atoms with Gasteiger partial charge in [-0.25, -0.2) is 4.39 Å². The molecule has 0 amide bonds. The zero-order valence-corrected chi connectivity index (χ0v) is 8.96. The average molecular weight is 223 g/mol. The van der Waals surface area contributed by atoms with E-state index < -0.39 is 6.04 Å². The van der Waals surface area contributed by atoms with Gasteiger partial charge in [-0.1, -0.05) is 22.7 Å². The highest BCUT2D eigenvalue weighted by Gasteiger charge is 2.17. The summed E-state index contributed by atoms with van der Waals surface area (Å²) >= 11 is 1.21. The largest absolute Gasteiger partial charge is 0.319 e. The molecule has 0 saturated heterocycles. The van der Waals surface area contributed by atoms with Gasteiger partial charge in [0.2, 0.25) is 0 Å². The Morgan fingerprint density at radius 2 is 2.13 bits per heavy atom. The minimum Gasteiger partial charge on any atom is -0.319 e. The van der Waals surface area contributed by atoms with E-state index in [-0.39, 0.29) is 5.82 Å². The number of aryl methyl sites for hydroxylation is 1. The molecule has 0 fully saturated rings. The highest BCUT2D eigenvalue weighted by atomic mass is 32.1. The van der Waals surface area contributed by atoms with Crippen LogP contribution < -0.4 is 5.73 Å². The fraction of sp³-hybridized carbons (Fsp3) is 0.200. The molecule has 0 aliphatic heterocycles. The van der Waals surface area contributed by atoms with Crippen molar-refractivity contribution in [2.24, 2.45) is 5.73 Å². The standard InChI is InChI=1S/C10H10FN3S/c1-6-10(15-14-13-6)9(12)7-4-2-3-5-8(7)11/h2-5,9H,12H2,1H3. The van der Waals surface area contributed by atoms with Gasteiger partial charge in [0.15, 0.2) is 0 Å². The maximum atomic E-state index is 13.4. The third-order valence-corrected chi connectivity index (χ3v) is 3.12. The van der Waals surface area contributed by atoms with Gasteiger partial charge < -0.3 is 5.73 Å². The van der Waals surface area contributed by atoms with Crippen LogP contribution in [0.4, 0.5) is 4.39 Å². The molecule has 3 nitrogen and oxygen atoms in total. The van der Waals surface area contributed by atoms with Crippen LogP contribution in [0.5, 0.6) is 0 Å². The Balaban J connectivity index is 2.41. The summed E-state index contributed by atoms with van der Waals surface area (Å²) < 4.78 is 17.2. The third kappa shape index (κ3) is 1.88. The van der Waals surface area contributed by atoms with Crippen LogP contribution in [0.3, 0.4) is 0 Å². The lowest BCUT2D eigenvalue weighted by molar-refractivity contribution is 0.600. The van der Waals surface area contributed by atoms with E-state index in [1.807, 2.05) is 6.92 Å². The van der Waals surface area contributed by atoms with Crippen molar-refractivity contribution >= 4 is 11.5 Å². The number of aromatic nitrogens is 2. The Bertz CT molecular complexity index is 469. The van der Waals surface area contributed by atoms with Crippen LogP contribution in [0.1, 0.15) is 22.2 Å². The van der Waals surface area contributed by atoms with Crippen LogP contribution in [0.15, 0.2) is 24.3 Å². The summed E-state index contributed by atoms with van der Waals surface area (Å²) in [4.78, 5) is 0.806. The van der Waals surface area contributed by atoms with Crippen LogP contribution in [0, 0.1) is 12.7 Å². The molecule has 15 heavy (non-hydrogen) atoms. The van der Waals surface area contributed by atoms with Gasteiger partial charge in [-0.05, 0) is 24.5 Å². The van der Waals surface area contributed by atoms with Crippen LogP contribution in [0.2, 0.25) is 0 Å². The minimum absolute atomic E-state index is 0.294. The van der Waals surface area contributed by atoms with Crippen molar-refractivity contribution in [2.75, 3.05) is 0 Å². The van der Waals surface area contributed by atoms with Crippen molar-refractivity contribution in [3.8, 4) is 0 Å². The van der Waals surface area contributed by atoms with Gasteiger partial charge in [0.1, 0.15) is 5.82 Å². The third-order valence-electron chi connectivity index (χ3n) is 2.21. The summed E-state index contributed by atoms with van der Waals surface area (Å²) in [5.74, 6) is -0.294. The average Bonchev–Trinajstić information content (AvgIpc) is 2.64. The molecule has 1 heterocycles. The lowest BCUT2D eigenvalue weighted by Crippen LogP contribution is -2.13. The van der Waals surface area contributed by atoms with Crippen molar-refractivity contribution in [3.63, 3.8) is 0 Å². The summed E-state index contributed by atoms with van der Waals surface area (Å²) in [6.07, 6.45) is 0. The molecule has 0 radical (unpaired) electrons. The van der Waals surface area contributed by atoms with E-state index in [9.17, 15) is 4.39 Å². The first-order valence-electron chi connectivity index (χ1n) is 4.49. The van der Waals surface area contributed by atoms with Crippen LogP contribution in [-0.4, -0.2) is 9.59 Å². The molecule has 0 saturated carbocycles. The van der Waals surface area contributed by atoms with Crippen molar-refractivity contribution in [1.29, 1.82) is 0 Å². The monoisotopic (exact) mass is 223 g/mol. The molecule has 1 atom stereocenters. The molecule has 0 aliphatic rings. The Hall–Kier alpha value is -1.33. The van der Waals surface area contributed by atoms with E-state index in [0.29, 0.717) is 5.56 Å². The Morgan fingerprint density at radius 3 is 2.73 bits per heavy atom. The second-order valence-electron chi connectivity index (χ2n) is 3.22. The summed E-state index contributed by atoms with van der Waals surface area (Å²) in [5, 5.41) is 3.86. The van der Waals surface area contributed by atoms with Gasteiger partial charge >= 0.3 is 0 Å². The van der Waals surface area contributed by atoms with Crippen molar-refractivity contribution < 1.29 is 4.39 Å². The zero-order chi connectivity index (χ0) is 10.8. The molecular formula is C10H10FN3S. The number of halogens is 1. The maximum Gasteiger partial charge on any atom is 0.128 e. The summed E-state index contributed by atoms with van der Waals surface area (Å²) in [6.45, 7) is 1.82. The predicted molar refractivity (Wildman–Crippen MR) is 57.1 cm³/mol. The molecule has 0 bridgehead atoms. The van der Waals surface area contributed by atoms with Crippen molar-refractivity contribution in [2.45, 2.75) is 13.0 Å². The summed E-state index contributed by atoms with van der Waals surface area (Å²) in [5.41, 5.74) is 7.19. The number of rotatable bonds is 2. The van der Waals surface area contributed by atoms with Gasteiger partial charge in [0.05, 0.1) is 16.6 Å². The first-order valence-corrected chi connectivity index (χ1v) is 5.26. The normalized spacial score (nSPS) is 12.7. The Labute approximate surface area is 90.9 Å². The SMILES string of the molecule is Cc1nnsc1C(N)c1ccccc1F. The molecule has 2 aromatic rings. The first-order chi connectivity index (χ1) is 7.20. The molecule has 5 heteroatoms. The second kappa shape index (κ2) is 4.04. The number of hydrogen-bond acceptors (Lipinski definition) is 4. The zero-order valence-electron chi connectivity index (χ0n) is 8.14. The van der Waals surface area contributed by atoms with E-state index in [2.05, 4.69) is 9.59 Å². The van der Waals surface area contributed by atoms with Crippen molar-refractivity contribution in [1.82, 2.24) is 9.59 Å². The molecule has 1 aromatic heterocycles. The predicted octanol–water partition coefficient (Wildman–Crippen LogP) is 2.03. The maximum absolute atomic E-state index is 13.4. The van der Waals surface area contributed by atoms with E-state index >= 15 is 0 Å². The number of nitrogens with zero attached hydrogens (tertiary/aromatic N) is 2. The number of nitrogens with two attached hydrogens (primary N) is 1. The lowest BCUT2D eigenvalue weighted by Gasteiger charge is -2.10. The number of benzene rings is 1. The fourth-order valence-corrected chi connectivity index (χ4v) is 2.06. The Morgan fingerprint density at radius 1 is 1.40 bits per heavy atom. The smallest absolute Gasteiger partial charge is 0.128 e. The first kappa shape index (κ1) is 10.2. The highest BCUT2D eigenvalue weighted by Crippen LogP contribution is 2.25. The molecule has 78 valence electrons. The van der Waals surface area contributed by atoms with Gasteiger partial charge in [0, 0.05) is 5.56 Å². The van der Waals surface area contributed by atoms with E-state index in [4.69, 9.17) is 5.73 Å². The molecule has 0 aliphatic carbocycles.